The summed E-state index contributed by atoms with van der Waals surface area (Å²) in [4.78, 5) is 10.3. The average molecular weight is 508 g/mol. The van der Waals surface area contributed by atoms with Gasteiger partial charge in [-0.2, -0.15) is 0 Å². The van der Waals surface area contributed by atoms with Crippen molar-refractivity contribution in [3.05, 3.63) is 45.4 Å². The molecule has 0 aliphatic rings. The molecule has 0 bridgehead atoms. The lowest BCUT2D eigenvalue weighted by molar-refractivity contribution is 0.602. The summed E-state index contributed by atoms with van der Waals surface area (Å²) in [5.74, 6) is 0.721. The molecule has 9 heteroatoms. The topological polar surface area (TPSA) is 83.5 Å². The molecule has 0 aliphatic carbocycles. The Balaban J connectivity index is 0.00000338. The van der Waals surface area contributed by atoms with Crippen LogP contribution in [0.5, 0.6) is 0 Å². The zero-order valence-corrected chi connectivity index (χ0v) is 19.3. The van der Waals surface area contributed by atoms with E-state index in [0.717, 1.165) is 28.6 Å². The van der Waals surface area contributed by atoms with Crippen molar-refractivity contribution in [1.29, 1.82) is 0 Å². The van der Waals surface area contributed by atoms with E-state index in [-0.39, 0.29) is 24.0 Å². The van der Waals surface area contributed by atoms with Gasteiger partial charge in [0.15, 0.2) is 15.8 Å². The van der Waals surface area contributed by atoms with Crippen molar-refractivity contribution >= 4 is 51.1 Å². The minimum absolute atomic E-state index is 0. The second kappa shape index (κ2) is 10.2. The van der Waals surface area contributed by atoms with Crippen LogP contribution in [0.15, 0.2) is 34.2 Å². The molecule has 26 heavy (non-hydrogen) atoms. The molecule has 0 saturated heterocycles. The van der Waals surface area contributed by atoms with Gasteiger partial charge in [-0.3, -0.25) is 4.99 Å². The molecule has 0 radical (unpaired) electrons. The third-order valence-electron chi connectivity index (χ3n) is 3.76. The minimum atomic E-state index is -3.14. The van der Waals surface area contributed by atoms with Crippen LogP contribution < -0.4 is 10.6 Å². The highest BCUT2D eigenvalue weighted by Gasteiger charge is 2.07. The first-order chi connectivity index (χ1) is 11.8. The zero-order chi connectivity index (χ0) is 18.4. The van der Waals surface area contributed by atoms with Gasteiger partial charge in [0.1, 0.15) is 5.01 Å². The number of rotatable bonds is 6. The first-order valence-corrected chi connectivity index (χ1v) is 10.7. The highest BCUT2D eigenvalue weighted by Crippen LogP contribution is 2.15. The number of hydrogen-bond acceptors (Lipinski definition) is 5. The summed E-state index contributed by atoms with van der Waals surface area (Å²) in [6, 6.07) is 6.97. The Hall–Kier alpha value is -1.20. The Kier molecular flexibility index (Phi) is 8.97. The molecule has 144 valence electrons. The first kappa shape index (κ1) is 22.8. The second-order valence-electron chi connectivity index (χ2n) is 5.77. The van der Waals surface area contributed by atoms with Crippen molar-refractivity contribution in [2.24, 2.45) is 4.99 Å². The Labute approximate surface area is 176 Å². The zero-order valence-electron chi connectivity index (χ0n) is 15.4. The van der Waals surface area contributed by atoms with Crippen LogP contribution in [-0.4, -0.2) is 39.2 Å². The van der Waals surface area contributed by atoms with Crippen molar-refractivity contribution in [2.75, 3.05) is 19.8 Å². The van der Waals surface area contributed by atoms with Crippen LogP contribution in [0.2, 0.25) is 0 Å². The Morgan fingerprint density at radius 1 is 1.19 bits per heavy atom. The predicted octanol–water partition coefficient (Wildman–Crippen LogP) is 2.69. The van der Waals surface area contributed by atoms with Gasteiger partial charge < -0.3 is 10.6 Å². The average Bonchev–Trinajstić information content (AvgIpc) is 2.88. The van der Waals surface area contributed by atoms with Gasteiger partial charge in [-0.25, -0.2) is 13.4 Å². The molecule has 0 aliphatic heterocycles. The molecule has 1 aromatic heterocycles. The maximum atomic E-state index is 11.5. The van der Waals surface area contributed by atoms with E-state index in [4.69, 9.17) is 0 Å². The van der Waals surface area contributed by atoms with Crippen molar-refractivity contribution in [3.63, 3.8) is 0 Å². The third kappa shape index (κ3) is 6.84. The van der Waals surface area contributed by atoms with Crippen molar-refractivity contribution in [3.8, 4) is 0 Å². The van der Waals surface area contributed by atoms with E-state index < -0.39 is 9.84 Å². The molecule has 1 heterocycles. The smallest absolute Gasteiger partial charge is 0.191 e. The summed E-state index contributed by atoms with van der Waals surface area (Å²) in [6.45, 7) is 5.42. The molecule has 0 amide bonds. The highest BCUT2D eigenvalue weighted by atomic mass is 127. The number of aryl methyl sites for hydroxylation is 2. The molecule has 6 nitrogen and oxygen atoms in total. The first-order valence-electron chi connectivity index (χ1n) is 7.96. The standard InChI is InChI=1S/C17H24N4O2S2.HI/c1-12-13(2)24-16(21-12)11-20-17(18-3)19-10-9-14-5-7-15(8-6-14)25(4,22)23;/h5-8H,9-11H2,1-4H3,(H2,18,19,20);1H. The summed E-state index contributed by atoms with van der Waals surface area (Å²) in [5, 5.41) is 7.54. The lowest BCUT2D eigenvalue weighted by atomic mass is 10.1. The van der Waals surface area contributed by atoms with Gasteiger partial charge in [0.05, 0.1) is 17.1 Å². The molecule has 0 atom stereocenters. The summed E-state index contributed by atoms with van der Waals surface area (Å²) in [6.07, 6.45) is 1.99. The summed E-state index contributed by atoms with van der Waals surface area (Å²) >= 11 is 1.69. The largest absolute Gasteiger partial charge is 0.356 e. The number of aliphatic imine (C=N–C) groups is 1. The van der Waals surface area contributed by atoms with Gasteiger partial charge in [-0.1, -0.05) is 12.1 Å². The maximum absolute atomic E-state index is 11.5. The fourth-order valence-corrected chi connectivity index (χ4v) is 3.73. The number of benzene rings is 1. The summed E-state index contributed by atoms with van der Waals surface area (Å²) in [7, 11) is -1.41. The monoisotopic (exact) mass is 508 g/mol. The van der Waals surface area contributed by atoms with Crippen molar-refractivity contribution < 1.29 is 8.42 Å². The number of nitrogens with zero attached hydrogens (tertiary/aromatic N) is 2. The van der Waals surface area contributed by atoms with Gasteiger partial charge in [-0.15, -0.1) is 35.3 Å². The molecule has 0 fully saturated rings. The number of halogens is 1. The molecule has 0 saturated carbocycles. The van der Waals surface area contributed by atoms with E-state index >= 15 is 0 Å². The molecule has 2 N–H and O–H groups in total. The highest BCUT2D eigenvalue weighted by molar-refractivity contribution is 14.0. The normalized spacial score (nSPS) is 11.8. The maximum Gasteiger partial charge on any atom is 0.191 e. The molecule has 0 unspecified atom stereocenters. The third-order valence-corrected chi connectivity index (χ3v) is 5.96. The van der Waals surface area contributed by atoms with E-state index in [1.165, 1.54) is 11.1 Å². The van der Waals surface area contributed by atoms with Crippen LogP contribution in [0.25, 0.3) is 0 Å². The lowest BCUT2D eigenvalue weighted by Gasteiger charge is -2.11. The SMILES string of the molecule is CN=C(NCCc1ccc(S(C)(=O)=O)cc1)NCc1nc(C)c(C)s1.I. The van der Waals surface area contributed by atoms with Crippen LogP contribution in [0, 0.1) is 13.8 Å². The fraction of sp³-hybridized carbons (Fsp3) is 0.412. The number of aromatic nitrogens is 1. The van der Waals surface area contributed by atoms with Crippen LogP contribution in [-0.2, 0) is 22.8 Å². The van der Waals surface area contributed by atoms with Gasteiger partial charge in [0.2, 0.25) is 0 Å². The van der Waals surface area contributed by atoms with Gasteiger partial charge in [0, 0.05) is 24.7 Å². The van der Waals surface area contributed by atoms with E-state index in [2.05, 4.69) is 27.5 Å². The Morgan fingerprint density at radius 2 is 1.85 bits per heavy atom. The minimum Gasteiger partial charge on any atom is -0.356 e. The summed E-state index contributed by atoms with van der Waals surface area (Å²) < 4.78 is 22.9. The van der Waals surface area contributed by atoms with Crippen molar-refractivity contribution in [1.82, 2.24) is 15.6 Å². The van der Waals surface area contributed by atoms with Gasteiger partial charge in [-0.05, 0) is 38.0 Å². The van der Waals surface area contributed by atoms with Crippen molar-refractivity contribution in [2.45, 2.75) is 31.7 Å². The quantitative estimate of drug-likeness (QED) is 0.356. The van der Waals surface area contributed by atoms with Crippen LogP contribution in [0.4, 0.5) is 0 Å². The lowest BCUT2D eigenvalue weighted by Crippen LogP contribution is -2.37. The van der Waals surface area contributed by atoms with Gasteiger partial charge >= 0.3 is 0 Å². The van der Waals surface area contributed by atoms with E-state index in [1.807, 2.05) is 19.1 Å². The molecular weight excluding hydrogens is 483 g/mol. The molecular formula is C17H25IN4O2S2. The van der Waals surface area contributed by atoms with E-state index in [1.54, 1.807) is 30.5 Å². The molecule has 2 rings (SSSR count). The Bertz CT molecular complexity index is 827. The van der Waals surface area contributed by atoms with Crippen LogP contribution in [0.3, 0.4) is 0 Å². The van der Waals surface area contributed by atoms with Crippen LogP contribution in [0.1, 0.15) is 21.1 Å². The second-order valence-corrected chi connectivity index (χ2v) is 9.07. The fourth-order valence-electron chi connectivity index (χ4n) is 2.22. The van der Waals surface area contributed by atoms with E-state index in [9.17, 15) is 8.42 Å². The molecule has 1 aromatic carbocycles. The Morgan fingerprint density at radius 3 is 2.35 bits per heavy atom. The predicted molar refractivity (Wildman–Crippen MR) is 118 cm³/mol. The van der Waals surface area contributed by atoms with Gasteiger partial charge in [0.25, 0.3) is 0 Å². The number of guanidine groups is 1. The number of hydrogen-bond donors (Lipinski definition) is 2. The molecule has 2 aromatic rings. The number of nitrogens with one attached hydrogen (secondary N) is 2. The summed E-state index contributed by atoms with van der Waals surface area (Å²) in [5.41, 5.74) is 2.14. The van der Waals surface area contributed by atoms with E-state index in [0.29, 0.717) is 18.0 Å². The number of thiazole rings is 1. The molecule has 0 spiro atoms. The van der Waals surface area contributed by atoms with Crippen LogP contribution >= 0.6 is 35.3 Å². The number of sulfone groups is 1.